The molecule has 0 unspecified atom stereocenters. The van der Waals surface area contributed by atoms with E-state index in [4.69, 9.17) is 13.9 Å². The first-order valence-corrected chi connectivity index (χ1v) is 13.9. The Morgan fingerprint density at radius 1 is 1.00 bits per heavy atom. The number of rotatable bonds is 8. The fourth-order valence-electron chi connectivity index (χ4n) is 3.65. The number of sulfonamides is 1. The van der Waals surface area contributed by atoms with E-state index in [2.05, 4.69) is 25.5 Å². The molecule has 1 aliphatic heterocycles. The zero-order chi connectivity index (χ0) is 24.3. The van der Waals surface area contributed by atoms with Crippen molar-refractivity contribution in [2.24, 2.45) is 0 Å². The Kier molecular flexibility index (Phi) is 7.70. The molecular weight excluding hydrogens is 461 g/mol. The molecule has 1 saturated heterocycles. The van der Waals surface area contributed by atoms with Gasteiger partial charge in [0, 0.05) is 6.61 Å². The van der Waals surface area contributed by atoms with Crippen LogP contribution in [0.25, 0.3) is 0 Å². The molecule has 0 radical (unpaired) electrons. The molecule has 0 aliphatic carbocycles. The SMILES string of the molecule is CC(C)(C)[SiH2]OC(C)(C)[C@@]1(NS(=O)(=O)c2ccc(Oc3ccc(F)cc3)cc2)CCCOC1. The Balaban J connectivity index is 1.80. The fraction of sp³-hybridized carbons (Fsp3) is 0.500. The monoisotopic (exact) mass is 495 g/mol. The maximum atomic E-state index is 13.4. The van der Waals surface area contributed by atoms with Crippen LogP contribution in [0.2, 0.25) is 5.04 Å². The molecule has 0 aromatic heterocycles. The molecule has 1 N–H and O–H groups in total. The van der Waals surface area contributed by atoms with Crippen molar-refractivity contribution in [3.05, 3.63) is 54.3 Å². The standard InChI is InChI=1S/C24H34FNO5SSi/c1-22(2,3)33-31-23(4,5)24(15-6-16-29-17-24)26-32(27,28)21-13-11-20(12-14-21)30-19-9-7-18(25)8-10-19/h7-14,26H,6,15-17,33H2,1-5H3/t24-/m1/s1. The second-order valence-corrected chi connectivity index (χ2v) is 14.6. The van der Waals surface area contributed by atoms with Gasteiger partial charge in [-0.3, -0.25) is 0 Å². The largest absolute Gasteiger partial charge is 0.457 e. The number of benzene rings is 2. The molecule has 6 nitrogen and oxygen atoms in total. The van der Waals surface area contributed by atoms with Gasteiger partial charge in [0.2, 0.25) is 10.0 Å². The molecule has 2 aromatic rings. The summed E-state index contributed by atoms with van der Waals surface area (Å²) in [6, 6.07) is 11.8. The molecule has 1 atom stereocenters. The van der Waals surface area contributed by atoms with Crippen LogP contribution in [-0.4, -0.2) is 42.5 Å². The summed E-state index contributed by atoms with van der Waals surface area (Å²) < 4.78 is 60.6. The molecule has 0 spiro atoms. The molecule has 9 heteroatoms. The first-order chi connectivity index (χ1) is 15.3. The van der Waals surface area contributed by atoms with Crippen molar-refractivity contribution in [1.29, 1.82) is 0 Å². The van der Waals surface area contributed by atoms with Gasteiger partial charge in [0.05, 0.1) is 22.6 Å². The van der Waals surface area contributed by atoms with E-state index in [1.54, 1.807) is 12.1 Å². The van der Waals surface area contributed by atoms with E-state index >= 15 is 0 Å². The Labute approximate surface area is 198 Å². The van der Waals surface area contributed by atoms with Crippen LogP contribution in [0.1, 0.15) is 47.5 Å². The van der Waals surface area contributed by atoms with Crippen molar-refractivity contribution in [2.75, 3.05) is 13.2 Å². The maximum Gasteiger partial charge on any atom is 0.241 e. The highest BCUT2D eigenvalue weighted by Gasteiger charge is 2.50. The van der Waals surface area contributed by atoms with Crippen LogP contribution in [0.15, 0.2) is 53.4 Å². The molecule has 33 heavy (non-hydrogen) atoms. The van der Waals surface area contributed by atoms with Crippen molar-refractivity contribution in [3.8, 4) is 11.5 Å². The quantitative estimate of drug-likeness (QED) is 0.544. The van der Waals surface area contributed by atoms with Crippen LogP contribution < -0.4 is 9.46 Å². The lowest BCUT2D eigenvalue weighted by Gasteiger charge is -2.49. The zero-order valence-corrected chi connectivity index (χ0v) is 22.2. The average Bonchev–Trinajstić information content (AvgIpc) is 2.74. The zero-order valence-electron chi connectivity index (χ0n) is 20.0. The van der Waals surface area contributed by atoms with E-state index in [1.165, 1.54) is 36.4 Å². The second kappa shape index (κ2) is 9.83. The minimum Gasteiger partial charge on any atom is -0.457 e. The summed E-state index contributed by atoms with van der Waals surface area (Å²) in [5.74, 6) is 0.564. The van der Waals surface area contributed by atoms with Gasteiger partial charge in [0.15, 0.2) is 9.76 Å². The number of halogens is 1. The second-order valence-electron chi connectivity index (χ2n) is 10.2. The predicted molar refractivity (Wildman–Crippen MR) is 129 cm³/mol. The first-order valence-electron chi connectivity index (χ1n) is 11.1. The summed E-state index contributed by atoms with van der Waals surface area (Å²) in [6.07, 6.45) is 1.38. The summed E-state index contributed by atoms with van der Waals surface area (Å²) in [7, 11) is -4.77. The van der Waals surface area contributed by atoms with Gasteiger partial charge >= 0.3 is 0 Å². The van der Waals surface area contributed by atoms with Gasteiger partial charge in [0.1, 0.15) is 17.3 Å². The normalized spacial score (nSPS) is 20.3. The van der Waals surface area contributed by atoms with Crippen LogP contribution in [0.5, 0.6) is 11.5 Å². The van der Waals surface area contributed by atoms with E-state index in [0.717, 1.165) is 6.42 Å². The van der Waals surface area contributed by atoms with E-state index in [1.807, 2.05) is 13.8 Å². The van der Waals surface area contributed by atoms with E-state index in [0.29, 0.717) is 24.5 Å². The summed E-state index contributed by atoms with van der Waals surface area (Å²) >= 11 is 0. The Morgan fingerprint density at radius 2 is 1.58 bits per heavy atom. The van der Waals surface area contributed by atoms with Gasteiger partial charge in [-0.1, -0.05) is 20.8 Å². The average molecular weight is 496 g/mol. The molecule has 3 rings (SSSR count). The molecule has 1 heterocycles. The Morgan fingerprint density at radius 3 is 2.09 bits per heavy atom. The fourth-order valence-corrected chi connectivity index (χ4v) is 6.25. The summed E-state index contributed by atoms with van der Waals surface area (Å²) in [5, 5.41) is 0.0766. The summed E-state index contributed by atoms with van der Waals surface area (Å²) in [5.41, 5.74) is -1.60. The van der Waals surface area contributed by atoms with E-state index < -0.39 is 30.9 Å². The van der Waals surface area contributed by atoms with E-state index in [9.17, 15) is 12.8 Å². The highest BCUT2D eigenvalue weighted by atomic mass is 32.2. The summed E-state index contributed by atoms with van der Waals surface area (Å²) in [4.78, 5) is 0.128. The van der Waals surface area contributed by atoms with Gasteiger partial charge in [-0.15, -0.1) is 0 Å². The van der Waals surface area contributed by atoms with Crippen molar-refractivity contribution < 1.29 is 26.7 Å². The number of hydrogen-bond donors (Lipinski definition) is 1. The highest BCUT2D eigenvalue weighted by Crippen LogP contribution is 2.37. The molecule has 1 aliphatic rings. The highest BCUT2D eigenvalue weighted by molar-refractivity contribution is 7.89. The smallest absolute Gasteiger partial charge is 0.241 e. The van der Waals surface area contributed by atoms with Gasteiger partial charge in [0.25, 0.3) is 0 Å². The minimum absolute atomic E-state index is 0.0766. The van der Waals surface area contributed by atoms with Gasteiger partial charge < -0.3 is 13.9 Å². The Bertz CT molecular complexity index is 1030. The van der Waals surface area contributed by atoms with Gasteiger partial charge in [-0.25, -0.2) is 12.8 Å². The maximum absolute atomic E-state index is 13.4. The molecule has 2 aromatic carbocycles. The lowest BCUT2D eigenvalue weighted by Crippen LogP contribution is -2.67. The minimum atomic E-state index is -3.85. The number of ether oxygens (including phenoxy) is 2. The van der Waals surface area contributed by atoms with Crippen LogP contribution in [0.4, 0.5) is 4.39 Å². The lowest BCUT2D eigenvalue weighted by molar-refractivity contribution is -0.0704. The van der Waals surface area contributed by atoms with Crippen molar-refractivity contribution in [2.45, 2.75) is 68.5 Å². The third kappa shape index (κ3) is 6.63. The van der Waals surface area contributed by atoms with Crippen LogP contribution in [0.3, 0.4) is 0 Å². The van der Waals surface area contributed by atoms with Gasteiger partial charge in [-0.05, 0) is 80.3 Å². The third-order valence-electron chi connectivity index (χ3n) is 5.77. The molecule has 0 amide bonds. The molecule has 0 saturated carbocycles. The van der Waals surface area contributed by atoms with Crippen LogP contribution >= 0.6 is 0 Å². The van der Waals surface area contributed by atoms with Crippen molar-refractivity contribution in [1.82, 2.24) is 4.72 Å². The van der Waals surface area contributed by atoms with Crippen molar-refractivity contribution in [3.63, 3.8) is 0 Å². The third-order valence-corrected chi connectivity index (χ3v) is 9.06. The van der Waals surface area contributed by atoms with Crippen LogP contribution in [0, 0.1) is 5.82 Å². The topological polar surface area (TPSA) is 73.9 Å². The van der Waals surface area contributed by atoms with E-state index in [-0.39, 0.29) is 22.4 Å². The molecule has 1 fully saturated rings. The lowest BCUT2D eigenvalue weighted by atomic mass is 9.79. The molecule has 0 bridgehead atoms. The first kappa shape index (κ1) is 25.8. The molecule has 182 valence electrons. The van der Waals surface area contributed by atoms with Gasteiger partial charge in [-0.2, -0.15) is 4.72 Å². The van der Waals surface area contributed by atoms with Crippen LogP contribution in [-0.2, 0) is 19.2 Å². The predicted octanol–water partition coefficient (Wildman–Crippen LogP) is 4.54. The summed E-state index contributed by atoms with van der Waals surface area (Å²) in [6.45, 7) is 11.2. The Hall–Kier alpha value is -1.78. The number of nitrogens with one attached hydrogen (secondary N) is 1. The number of hydrogen-bond acceptors (Lipinski definition) is 5. The molecular formula is C24H34FNO5SSi. The van der Waals surface area contributed by atoms with Crippen molar-refractivity contribution >= 4 is 19.8 Å².